The first-order valence-electron chi connectivity index (χ1n) is 7.93. The predicted octanol–water partition coefficient (Wildman–Crippen LogP) is 5.04. The highest BCUT2D eigenvalue weighted by Gasteiger charge is 2.30. The molecule has 1 aromatic carbocycles. The van der Waals surface area contributed by atoms with Crippen LogP contribution in [0.5, 0.6) is 0 Å². The molecule has 4 nitrogen and oxygen atoms in total. The topological polar surface area (TPSA) is 42.7 Å². The van der Waals surface area contributed by atoms with Crippen LogP contribution in [0.15, 0.2) is 42.7 Å². The SMILES string of the molecule is Cn1nc(-c2cccnc2)c2c1NCCSC2c1ccc(Cl)cc1Cl. The molecule has 7 heteroatoms. The average molecular weight is 391 g/mol. The van der Waals surface area contributed by atoms with Crippen molar-refractivity contribution in [2.45, 2.75) is 5.25 Å². The van der Waals surface area contributed by atoms with Crippen molar-refractivity contribution in [3.8, 4) is 11.3 Å². The van der Waals surface area contributed by atoms with E-state index in [0.717, 1.165) is 40.5 Å². The second-order valence-corrected chi connectivity index (χ2v) is 7.88. The van der Waals surface area contributed by atoms with Crippen LogP contribution in [-0.4, -0.2) is 27.1 Å². The zero-order valence-corrected chi connectivity index (χ0v) is 15.9. The maximum absolute atomic E-state index is 6.53. The van der Waals surface area contributed by atoms with Gasteiger partial charge >= 0.3 is 0 Å². The number of anilines is 1. The van der Waals surface area contributed by atoms with Gasteiger partial charge in [-0.1, -0.05) is 29.3 Å². The Morgan fingerprint density at radius 2 is 2.16 bits per heavy atom. The lowest BCUT2D eigenvalue weighted by molar-refractivity contribution is 0.774. The molecule has 25 heavy (non-hydrogen) atoms. The Morgan fingerprint density at radius 3 is 2.92 bits per heavy atom. The molecule has 2 aromatic heterocycles. The highest BCUT2D eigenvalue weighted by atomic mass is 35.5. The van der Waals surface area contributed by atoms with E-state index in [-0.39, 0.29) is 5.25 Å². The van der Waals surface area contributed by atoms with Crippen LogP contribution >= 0.6 is 35.0 Å². The van der Waals surface area contributed by atoms with Gasteiger partial charge in [0, 0.05) is 52.9 Å². The molecule has 3 aromatic rings. The smallest absolute Gasteiger partial charge is 0.129 e. The second-order valence-electron chi connectivity index (χ2n) is 5.82. The number of rotatable bonds is 2. The highest BCUT2D eigenvalue weighted by molar-refractivity contribution is 7.99. The van der Waals surface area contributed by atoms with E-state index in [4.69, 9.17) is 28.3 Å². The van der Waals surface area contributed by atoms with Crippen LogP contribution in [0.25, 0.3) is 11.3 Å². The molecular formula is C18H16Cl2N4S. The summed E-state index contributed by atoms with van der Waals surface area (Å²) >= 11 is 14.5. The molecule has 0 amide bonds. The van der Waals surface area contributed by atoms with Gasteiger partial charge in [0.05, 0.1) is 5.25 Å². The van der Waals surface area contributed by atoms with Crippen LogP contribution in [0.4, 0.5) is 5.82 Å². The number of fused-ring (bicyclic) bond motifs is 1. The van der Waals surface area contributed by atoms with Crippen molar-refractivity contribution >= 4 is 40.8 Å². The molecule has 0 bridgehead atoms. The van der Waals surface area contributed by atoms with Gasteiger partial charge in [-0.2, -0.15) is 5.10 Å². The highest BCUT2D eigenvalue weighted by Crippen LogP contribution is 2.47. The van der Waals surface area contributed by atoms with Gasteiger partial charge in [0.15, 0.2) is 0 Å². The molecule has 1 aliphatic rings. The van der Waals surface area contributed by atoms with E-state index >= 15 is 0 Å². The number of pyridine rings is 1. The summed E-state index contributed by atoms with van der Waals surface area (Å²) in [7, 11) is 1.96. The molecule has 0 fully saturated rings. The quantitative estimate of drug-likeness (QED) is 0.665. The van der Waals surface area contributed by atoms with Crippen molar-refractivity contribution in [3.63, 3.8) is 0 Å². The van der Waals surface area contributed by atoms with Gasteiger partial charge in [-0.15, -0.1) is 11.8 Å². The Morgan fingerprint density at radius 1 is 1.28 bits per heavy atom. The lowest BCUT2D eigenvalue weighted by atomic mass is 10.0. The van der Waals surface area contributed by atoms with Crippen molar-refractivity contribution in [1.82, 2.24) is 14.8 Å². The third-order valence-electron chi connectivity index (χ3n) is 4.21. The Kier molecular flexibility index (Phi) is 4.63. The number of nitrogens with one attached hydrogen (secondary N) is 1. The number of halogens is 2. The van der Waals surface area contributed by atoms with E-state index in [1.165, 1.54) is 0 Å². The van der Waals surface area contributed by atoms with E-state index in [0.29, 0.717) is 10.0 Å². The summed E-state index contributed by atoms with van der Waals surface area (Å²) in [6, 6.07) is 9.67. The molecule has 0 saturated heterocycles. The zero-order valence-electron chi connectivity index (χ0n) is 13.5. The van der Waals surface area contributed by atoms with Crippen LogP contribution in [0.3, 0.4) is 0 Å². The summed E-state index contributed by atoms with van der Waals surface area (Å²) in [6.07, 6.45) is 3.62. The van der Waals surface area contributed by atoms with Crippen molar-refractivity contribution in [2.24, 2.45) is 7.05 Å². The normalized spacial score (nSPS) is 16.8. The zero-order chi connectivity index (χ0) is 17.4. The second kappa shape index (κ2) is 6.90. The molecular weight excluding hydrogens is 375 g/mol. The monoisotopic (exact) mass is 390 g/mol. The summed E-state index contributed by atoms with van der Waals surface area (Å²) < 4.78 is 1.90. The summed E-state index contributed by atoms with van der Waals surface area (Å²) in [5.41, 5.74) is 4.13. The lowest BCUT2D eigenvalue weighted by Crippen LogP contribution is -2.06. The molecule has 0 spiro atoms. The number of hydrogen-bond donors (Lipinski definition) is 1. The first kappa shape index (κ1) is 16.8. The molecule has 3 heterocycles. The van der Waals surface area contributed by atoms with Gasteiger partial charge in [0.25, 0.3) is 0 Å². The molecule has 0 radical (unpaired) electrons. The third-order valence-corrected chi connectivity index (χ3v) is 6.03. The molecule has 1 aliphatic heterocycles. The number of nitrogens with zero attached hydrogens (tertiary/aromatic N) is 3. The largest absolute Gasteiger partial charge is 0.369 e. The maximum Gasteiger partial charge on any atom is 0.129 e. The molecule has 128 valence electrons. The van der Waals surface area contributed by atoms with Crippen LogP contribution in [-0.2, 0) is 7.05 Å². The third kappa shape index (κ3) is 3.12. The van der Waals surface area contributed by atoms with E-state index in [2.05, 4.69) is 10.3 Å². The minimum Gasteiger partial charge on any atom is -0.369 e. The van der Waals surface area contributed by atoms with Crippen LogP contribution in [0.1, 0.15) is 16.4 Å². The molecule has 1 unspecified atom stereocenters. The number of thioether (sulfide) groups is 1. The number of aromatic nitrogens is 3. The summed E-state index contributed by atoms with van der Waals surface area (Å²) in [6.45, 7) is 0.880. The Balaban J connectivity index is 1.92. The van der Waals surface area contributed by atoms with E-state index in [1.54, 1.807) is 12.3 Å². The molecule has 1 N–H and O–H groups in total. The fourth-order valence-electron chi connectivity index (χ4n) is 3.10. The van der Waals surface area contributed by atoms with Gasteiger partial charge in [0.1, 0.15) is 11.5 Å². The van der Waals surface area contributed by atoms with Gasteiger partial charge in [-0.25, -0.2) is 0 Å². The van der Waals surface area contributed by atoms with Crippen molar-refractivity contribution in [3.05, 3.63) is 63.9 Å². The number of benzene rings is 1. The standard InChI is InChI=1S/C18H16Cl2N4S/c1-24-18-15(16(23-24)11-3-2-6-21-10-11)17(25-8-7-22-18)13-5-4-12(19)9-14(13)20/h2-6,9-10,17,22H,7-8H2,1H3. The van der Waals surface area contributed by atoms with Gasteiger partial charge in [-0.05, 0) is 29.8 Å². The Labute approximate surface area is 160 Å². The first-order valence-corrected chi connectivity index (χ1v) is 9.73. The van der Waals surface area contributed by atoms with E-state index in [9.17, 15) is 0 Å². The van der Waals surface area contributed by atoms with Crippen molar-refractivity contribution in [1.29, 1.82) is 0 Å². The van der Waals surface area contributed by atoms with E-state index < -0.39 is 0 Å². The summed E-state index contributed by atoms with van der Waals surface area (Å²) in [4.78, 5) is 4.25. The summed E-state index contributed by atoms with van der Waals surface area (Å²) in [5.74, 6) is 2.00. The molecule has 0 aliphatic carbocycles. The van der Waals surface area contributed by atoms with Gasteiger partial charge in [-0.3, -0.25) is 9.67 Å². The van der Waals surface area contributed by atoms with Gasteiger partial charge < -0.3 is 5.32 Å². The Bertz CT molecular complexity index is 911. The number of aryl methyl sites for hydroxylation is 1. The predicted molar refractivity (Wildman–Crippen MR) is 106 cm³/mol. The Hall–Kier alpha value is -1.69. The van der Waals surface area contributed by atoms with E-state index in [1.807, 2.05) is 54.0 Å². The van der Waals surface area contributed by atoms with Crippen LogP contribution in [0, 0.1) is 0 Å². The fraction of sp³-hybridized carbons (Fsp3) is 0.222. The average Bonchev–Trinajstić information content (AvgIpc) is 2.79. The van der Waals surface area contributed by atoms with Gasteiger partial charge in [0.2, 0.25) is 0 Å². The van der Waals surface area contributed by atoms with Crippen LogP contribution < -0.4 is 5.32 Å². The number of hydrogen-bond acceptors (Lipinski definition) is 4. The lowest BCUT2D eigenvalue weighted by Gasteiger charge is -2.18. The molecule has 1 atom stereocenters. The maximum atomic E-state index is 6.53. The molecule has 0 saturated carbocycles. The molecule has 4 rings (SSSR count). The minimum atomic E-state index is 0.0821. The van der Waals surface area contributed by atoms with Crippen molar-refractivity contribution < 1.29 is 0 Å². The first-order chi connectivity index (χ1) is 12.1. The van der Waals surface area contributed by atoms with Crippen LogP contribution in [0.2, 0.25) is 10.0 Å². The fourth-order valence-corrected chi connectivity index (χ4v) is 4.92. The minimum absolute atomic E-state index is 0.0821. The summed E-state index contributed by atoms with van der Waals surface area (Å²) in [5, 5.41) is 9.67. The van der Waals surface area contributed by atoms with Crippen molar-refractivity contribution in [2.75, 3.05) is 17.6 Å².